The van der Waals surface area contributed by atoms with Crippen LogP contribution in [-0.4, -0.2) is 19.2 Å². The highest BCUT2D eigenvalue weighted by Crippen LogP contribution is 2.34. The number of benzene rings is 1. The Morgan fingerprint density at radius 1 is 1.40 bits per heavy atom. The summed E-state index contributed by atoms with van der Waals surface area (Å²) < 4.78 is 7.14. The zero-order chi connectivity index (χ0) is 13.9. The maximum Gasteiger partial charge on any atom is 0.133 e. The van der Waals surface area contributed by atoms with Gasteiger partial charge in [-0.2, -0.15) is 0 Å². The Morgan fingerprint density at radius 3 is 2.70 bits per heavy atom. The van der Waals surface area contributed by atoms with Gasteiger partial charge in [-0.05, 0) is 64.8 Å². The average Bonchev–Trinajstić information content (AvgIpc) is 2.42. The van der Waals surface area contributed by atoms with Crippen LogP contribution in [0.5, 0.6) is 5.75 Å². The van der Waals surface area contributed by atoms with E-state index in [0.29, 0.717) is 6.10 Å². The molecule has 0 amide bonds. The fourth-order valence-corrected chi connectivity index (χ4v) is 2.79. The summed E-state index contributed by atoms with van der Waals surface area (Å²) in [5, 5.41) is 3.38. The van der Waals surface area contributed by atoms with Crippen molar-refractivity contribution in [2.24, 2.45) is 0 Å². The Balaban J connectivity index is 0.00000200. The minimum absolute atomic E-state index is 0. The van der Waals surface area contributed by atoms with Gasteiger partial charge in [0.2, 0.25) is 0 Å². The second-order valence-corrected chi connectivity index (χ2v) is 6.82. The Labute approximate surface area is 137 Å². The lowest BCUT2D eigenvalue weighted by Gasteiger charge is -2.26. The average molecular weight is 363 g/mol. The molecule has 1 N–H and O–H groups in total. The van der Waals surface area contributed by atoms with E-state index in [0.717, 1.165) is 36.2 Å². The van der Waals surface area contributed by atoms with Gasteiger partial charge < -0.3 is 10.1 Å². The molecule has 0 spiro atoms. The molecule has 1 aliphatic rings. The van der Waals surface area contributed by atoms with Gasteiger partial charge in [0.25, 0.3) is 0 Å². The molecule has 0 aromatic heterocycles. The fourth-order valence-electron chi connectivity index (χ4n) is 2.32. The number of hydrogen-bond acceptors (Lipinski definition) is 2. The summed E-state index contributed by atoms with van der Waals surface area (Å²) in [6, 6.07) is 6.50. The highest BCUT2D eigenvalue weighted by Gasteiger charge is 2.20. The van der Waals surface area contributed by atoms with Crippen molar-refractivity contribution in [1.82, 2.24) is 5.32 Å². The second-order valence-electron chi connectivity index (χ2n) is 5.97. The summed E-state index contributed by atoms with van der Waals surface area (Å²) in [5.74, 6) is 0.962. The predicted octanol–water partition coefficient (Wildman–Crippen LogP) is 4.69. The van der Waals surface area contributed by atoms with Crippen LogP contribution in [0.15, 0.2) is 22.7 Å². The Bertz CT molecular complexity index is 430. The van der Waals surface area contributed by atoms with Gasteiger partial charge >= 0.3 is 0 Å². The van der Waals surface area contributed by atoms with Gasteiger partial charge in [-0.25, -0.2) is 0 Å². The highest BCUT2D eigenvalue weighted by atomic mass is 79.9. The van der Waals surface area contributed by atoms with Crippen molar-refractivity contribution >= 4 is 28.3 Å². The maximum atomic E-state index is 6.08. The summed E-state index contributed by atoms with van der Waals surface area (Å²) in [5.41, 5.74) is 1.57. The van der Waals surface area contributed by atoms with Gasteiger partial charge in [-0.1, -0.05) is 26.8 Å². The Morgan fingerprint density at radius 2 is 2.15 bits per heavy atom. The molecule has 1 fully saturated rings. The quantitative estimate of drug-likeness (QED) is 0.839. The second kappa shape index (κ2) is 7.67. The van der Waals surface area contributed by atoms with Crippen molar-refractivity contribution in [1.29, 1.82) is 0 Å². The molecule has 1 aromatic rings. The predicted molar refractivity (Wildman–Crippen MR) is 91.2 cm³/mol. The van der Waals surface area contributed by atoms with E-state index >= 15 is 0 Å². The lowest BCUT2D eigenvalue weighted by Crippen LogP contribution is -2.37. The summed E-state index contributed by atoms with van der Waals surface area (Å²) in [6.07, 6.45) is 3.77. The normalized spacial score (nSPS) is 19.3. The van der Waals surface area contributed by atoms with E-state index in [2.05, 4.69) is 60.2 Å². The van der Waals surface area contributed by atoms with Crippen molar-refractivity contribution in [3.63, 3.8) is 0 Å². The lowest BCUT2D eigenvalue weighted by atomic mass is 9.82. The fraction of sp³-hybridized carbons (Fsp3) is 0.625. The maximum absolute atomic E-state index is 6.08. The summed E-state index contributed by atoms with van der Waals surface area (Å²) in [7, 11) is 0. The molecule has 1 heterocycles. The largest absolute Gasteiger partial charge is 0.488 e. The van der Waals surface area contributed by atoms with Crippen molar-refractivity contribution in [2.45, 2.75) is 51.6 Å². The topological polar surface area (TPSA) is 21.3 Å². The summed E-state index contributed by atoms with van der Waals surface area (Å²) >= 11 is 3.65. The molecule has 2 nitrogen and oxygen atoms in total. The van der Waals surface area contributed by atoms with Gasteiger partial charge in [0.05, 0.1) is 4.47 Å². The molecule has 0 radical (unpaired) electrons. The zero-order valence-corrected chi connectivity index (χ0v) is 14.9. The number of rotatable bonds is 4. The van der Waals surface area contributed by atoms with Crippen molar-refractivity contribution < 1.29 is 4.74 Å². The smallest absolute Gasteiger partial charge is 0.133 e. The van der Waals surface area contributed by atoms with Crippen LogP contribution >= 0.6 is 28.3 Å². The van der Waals surface area contributed by atoms with Gasteiger partial charge in [0, 0.05) is 6.54 Å². The molecule has 1 atom stereocenters. The van der Waals surface area contributed by atoms with Gasteiger partial charge in [-0.15, -0.1) is 12.4 Å². The monoisotopic (exact) mass is 361 g/mol. The van der Waals surface area contributed by atoms with E-state index in [1.165, 1.54) is 12.0 Å². The summed E-state index contributed by atoms with van der Waals surface area (Å²) in [4.78, 5) is 0. The third-order valence-corrected chi connectivity index (χ3v) is 4.76. The molecule has 1 aliphatic heterocycles. The number of nitrogens with one attached hydrogen (secondary N) is 1. The number of piperidine rings is 1. The molecular formula is C16H25BrClNO. The molecule has 0 aliphatic carbocycles. The minimum atomic E-state index is 0. The SMILES string of the molecule is CCC(C)(C)c1ccc(OC2CCCNC2)c(Br)c1.Cl. The molecule has 1 unspecified atom stereocenters. The Hall–Kier alpha value is -0.250. The van der Waals surface area contributed by atoms with Crippen LogP contribution in [0.4, 0.5) is 0 Å². The number of hydrogen-bond donors (Lipinski definition) is 1. The number of halogens is 2. The first-order valence-electron chi connectivity index (χ1n) is 7.20. The van der Waals surface area contributed by atoms with E-state index < -0.39 is 0 Å². The van der Waals surface area contributed by atoms with Crippen LogP contribution in [-0.2, 0) is 5.41 Å². The first-order chi connectivity index (χ1) is 9.03. The van der Waals surface area contributed by atoms with Crippen LogP contribution in [0.2, 0.25) is 0 Å². The van der Waals surface area contributed by atoms with Crippen LogP contribution < -0.4 is 10.1 Å². The molecule has 4 heteroatoms. The van der Waals surface area contributed by atoms with Crippen LogP contribution in [0, 0.1) is 0 Å². The zero-order valence-electron chi connectivity index (χ0n) is 12.5. The van der Waals surface area contributed by atoms with E-state index in [-0.39, 0.29) is 17.8 Å². The molecule has 20 heavy (non-hydrogen) atoms. The minimum Gasteiger partial charge on any atom is -0.488 e. The first-order valence-corrected chi connectivity index (χ1v) is 7.99. The highest BCUT2D eigenvalue weighted by molar-refractivity contribution is 9.10. The van der Waals surface area contributed by atoms with Crippen molar-refractivity contribution in [3.05, 3.63) is 28.2 Å². The first kappa shape index (κ1) is 17.8. The molecule has 1 aromatic carbocycles. The summed E-state index contributed by atoms with van der Waals surface area (Å²) in [6.45, 7) is 8.85. The molecular weight excluding hydrogens is 338 g/mol. The van der Waals surface area contributed by atoms with Gasteiger partial charge in [0.1, 0.15) is 11.9 Å². The molecule has 0 bridgehead atoms. The van der Waals surface area contributed by atoms with Gasteiger partial charge in [0.15, 0.2) is 0 Å². The number of ether oxygens (including phenoxy) is 1. The van der Waals surface area contributed by atoms with Crippen LogP contribution in [0.1, 0.15) is 45.6 Å². The van der Waals surface area contributed by atoms with E-state index in [1.807, 2.05) is 0 Å². The van der Waals surface area contributed by atoms with Crippen molar-refractivity contribution in [2.75, 3.05) is 13.1 Å². The van der Waals surface area contributed by atoms with Crippen molar-refractivity contribution in [3.8, 4) is 5.75 Å². The van der Waals surface area contributed by atoms with E-state index in [9.17, 15) is 0 Å². The van der Waals surface area contributed by atoms with Crippen LogP contribution in [0.3, 0.4) is 0 Å². The third kappa shape index (κ3) is 4.37. The van der Waals surface area contributed by atoms with E-state index in [1.54, 1.807) is 0 Å². The standard InChI is InChI=1S/C16H24BrNO.ClH/c1-4-16(2,3)12-7-8-15(14(17)10-12)19-13-6-5-9-18-11-13;/h7-8,10,13,18H,4-6,9,11H2,1-3H3;1H. The lowest BCUT2D eigenvalue weighted by molar-refractivity contribution is 0.166. The Kier molecular flexibility index (Phi) is 6.83. The molecule has 114 valence electrons. The molecule has 1 saturated heterocycles. The van der Waals surface area contributed by atoms with Crippen LogP contribution in [0.25, 0.3) is 0 Å². The van der Waals surface area contributed by atoms with E-state index in [4.69, 9.17) is 4.74 Å². The van der Waals surface area contributed by atoms with Gasteiger partial charge in [-0.3, -0.25) is 0 Å². The molecule has 0 saturated carbocycles. The third-order valence-electron chi connectivity index (χ3n) is 4.14. The molecule has 2 rings (SSSR count).